The molecule has 33 heavy (non-hydrogen) atoms. The van der Waals surface area contributed by atoms with E-state index in [0.717, 1.165) is 66.0 Å². The summed E-state index contributed by atoms with van der Waals surface area (Å²) in [6.45, 7) is 6.62. The Bertz CT molecular complexity index is 1100. The summed E-state index contributed by atoms with van der Waals surface area (Å²) in [4.78, 5) is 4.84. The first kappa shape index (κ1) is 22.4. The van der Waals surface area contributed by atoms with Crippen LogP contribution in [-0.4, -0.2) is 4.98 Å². The van der Waals surface area contributed by atoms with Crippen molar-refractivity contribution in [2.24, 2.45) is 11.8 Å². The average Bonchev–Trinajstić information content (AvgIpc) is 3.53. The first-order valence-electron chi connectivity index (χ1n) is 13.1. The van der Waals surface area contributed by atoms with Gasteiger partial charge in [0.1, 0.15) is 5.82 Å². The number of rotatable bonds is 4. The molecule has 3 aliphatic carbocycles. The summed E-state index contributed by atoms with van der Waals surface area (Å²) in [5.74, 6) is 8.96. The zero-order chi connectivity index (χ0) is 22.9. The van der Waals surface area contributed by atoms with Gasteiger partial charge in [-0.25, -0.2) is 4.39 Å². The van der Waals surface area contributed by atoms with Crippen LogP contribution >= 0.6 is 0 Å². The maximum atomic E-state index is 15.4. The van der Waals surface area contributed by atoms with E-state index < -0.39 is 0 Å². The zero-order valence-corrected chi connectivity index (χ0v) is 20.4. The number of nitrogens with zero attached hydrogens (tertiary/aromatic N) is 1. The van der Waals surface area contributed by atoms with Crippen molar-refractivity contribution < 1.29 is 4.39 Å². The highest BCUT2D eigenvalue weighted by Crippen LogP contribution is 2.51. The first-order chi connectivity index (χ1) is 16.1. The van der Waals surface area contributed by atoms with Gasteiger partial charge < -0.3 is 0 Å². The monoisotopic (exact) mass is 441 g/mol. The Kier molecular flexibility index (Phi) is 6.42. The number of fused-ring (bicyclic) bond motifs is 1. The Hall–Kier alpha value is -2.40. The molecule has 2 fully saturated rings. The van der Waals surface area contributed by atoms with E-state index in [1.165, 1.54) is 36.8 Å². The summed E-state index contributed by atoms with van der Waals surface area (Å²) >= 11 is 0. The minimum atomic E-state index is -0.0474. The van der Waals surface area contributed by atoms with Gasteiger partial charge in [0.25, 0.3) is 0 Å². The lowest BCUT2D eigenvalue weighted by Gasteiger charge is -2.30. The van der Waals surface area contributed by atoms with Crippen LogP contribution in [0.3, 0.4) is 0 Å². The van der Waals surface area contributed by atoms with Gasteiger partial charge in [0.2, 0.25) is 0 Å². The van der Waals surface area contributed by atoms with Crippen molar-refractivity contribution in [1.29, 1.82) is 0 Å². The van der Waals surface area contributed by atoms with Crippen molar-refractivity contribution in [2.75, 3.05) is 0 Å². The maximum Gasteiger partial charge on any atom is 0.127 e. The second-order valence-corrected chi connectivity index (χ2v) is 10.6. The molecule has 2 saturated carbocycles. The molecule has 0 aliphatic heterocycles. The van der Waals surface area contributed by atoms with Crippen LogP contribution < -0.4 is 0 Å². The van der Waals surface area contributed by atoms with Gasteiger partial charge in [0.05, 0.1) is 5.69 Å². The zero-order valence-electron chi connectivity index (χ0n) is 20.4. The van der Waals surface area contributed by atoms with Gasteiger partial charge in [-0.1, -0.05) is 63.5 Å². The van der Waals surface area contributed by atoms with Crippen molar-refractivity contribution in [3.63, 3.8) is 0 Å². The second-order valence-electron chi connectivity index (χ2n) is 10.6. The number of hydrogen-bond acceptors (Lipinski definition) is 1. The van der Waals surface area contributed by atoms with Gasteiger partial charge in [0, 0.05) is 18.2 Å². The Morgan fingerprint density at radius 1 is 1.06 bits per heavy atom. The van der Waals surface area contributed by atoms with Gasteiger partial charge in [-0.3, -0.25) is 4.98 Å². The van der Waals surface area contributed by atoms with Crippen LogP contribution in [0, 0.1) is 36.4 Å². The Labute approximate surface area is 198 Å². The minimum Gasteiger partial charge on any atom is -0.256 e. The van der Waals surface area contributed by atoms with E-state index in [1.54, 1.807) is 0 Å². The van der Waals surface area contributed by atoms with E-state index in [-0.39, 0.29) is 5.82 Å². The van der Waals surface area contributed by atoms with Crippen LogP contribution in [0.15, 0.2) is 30.5 Å². The van der Waals surface area contributed by atoms with E-state index >= 15 is 4.39 Å². The fraction of sp³-hybridized carbons (Fsp3) is 0.516. The predicted molar refractivity (Wildman–Crippen MR) is 135 cm³/mol. The third-order valence-corrected chi connectivity index (χ3v) is 8.14. The highest BCUT2D eigenvalue weighted by atomic mass is 19.1. The van der Waals surface area contributed by atoms with E-state index in [4.69, 9.17) is 4.98 Å². The molecular weight excluding hydrogens is 405 g/mol. The molecule has 0 saturated heterocycles. The smallest absolute Gasteiger partial charge is 0.127 e. The first-order valence-corrected chi connectivity index (χ1v) is 13.1. The van der Waals surface area contributed by atoms with Crippen LogP contribution in [-0.2, 0) is 0 Å². The van der Waals surface area contributed by atoms with Crippen molar-refractivity contribution in [3.8, 4) is 11.8 Å². The third kappa shape index (κ3) is 4.52. The van der Waals surface area contributed by atoms with E-state index in [2.05, 4.69) is 50.8 Å². The van der Waals surface area contributed by atoms with Crippen molar-refractivity contribution in [1.82, 2.24) is 4.98 Å². The molecule has 2 heteroatoms. The maximum absolute atomic E-state index is 15.4. The van der Waals surface area contributed by atoms with Gasteiger partial charge in [-0.15, -0.1) is 0 Å². The molecule has 0 amide bonds. The lowest BCUT2D eigenvalue weighted by Crippen LogP contribution is -2.19. The van der Waals surface area contributed by atoms with Gasteiger partial charge in [-0.05, 0) is 96.2 Å². The molecular formula is C31H36FN. The number of aryl methyl sites for hydroxylation is 1. The van der Waals surface area contributed by atoms with Crippen molar-refractivity contribution >= 4 is 11.1 Å². The minimum absolute atomic E-state index is 0.0474. The lowest BCUT2D eigenvalue weighted by molar-refractivity contribution is 0.301. The molecule has 0 bridgehead atoms. The number of hydrogen-bond donors (Lipinski definition) is 0. The number of aromatic nitrogens is 1. The molecule has 0 N–H and O–H groups in total. The normalized spacial score (nSPS) is 23.2. The molecule has 0 radical (unpaired) electrons. The van der Waals surface area contributed by atoms with Gasteiger partial charge >= 0.3 is 0 Å². The molecule has 2 unspecified atom stereocenters. The molecule has 2 aromatic rings. The highest BCUT2D eigenvalue weighted by Gasteiger charge is 2.37. The average molecular weight is 442 g/mol. The molecule has 0 spiro atoms. The number of allylic oxidation sites excluding steroid dienone is 2. The fourth-order valence-corrected chi connectivity index (χ4v) is 6.07. The number of halogens is 1. The standard InChI is InChI=1S/C31H36FN/c1-4-5-6-11-24-28-18-30(32)27(23-13-14-23)17-26(28)21(3)25(22-9-7-8-10-22)16-29(24)31-15-12-20(2)19-33-31/h12,15,17-19,21-23,25H,4-5,7-10,13-14,16H2,1-3H3. The fourth-order valence-electron chi connectivity index (χ4n) is 6.07. The molecule has 1 nitrogen and oxygen atoms in total. The Balaban J connectivity index is 1.74. The topological polar surface area (TPSA) is 12.9 Å². The van der Waals surface area contributed by atoms with Crippen LogP contribution in [0.5, 0.6) is 0 Å². The SMILES string of the molecule is CCCC#CC1=C(c2ccc(C)cn2)CC(C2CCCC2)C(C)c2cc(C3CC3)c(F)cc21. The number of unbranched alkanes of at least 4 members (excludes halogenated alkanes) is 1. The predicted octanol–water partition coefficient (Wildman–Crippen LogP) is 8.43. The highest BCUT2D eigenvalue weighted by molar-refractivity contribution is 5.99. The largest absolute Gasteiger partial charge is 0.256 e. The van der Waals surface area contributed by atoms with E-state index in [9.17, 15) is 0 Å². The van der Waals surface area contributed by atoms with Crippen LogP contribution in [0.4, 0.5) is 4.39 Å². The van der Waals surface area contributed by atoms with Crippen molar-refractivity contribution in [2.45, 2.75) is 90.4 Å². The van der Waals surface area contributed by atoms with Gasteiger partial charge in [-0.2, -0.15) is 0 Å². The summed E-state index contributed by atoms with van der Waals surface area (Å²) < 4.78 is 15.4. The molecule has 5 rings (SSSR count). The quantitative estimate of drug-likeness (QED) is 0.434. The molecule has 1 heterocycles. The lowest BCUT2D eigenvalue weighted by atomic mass is 9.75. The molecule has 172 valence electrons. The molecule has 1 aromatic carbocycles. The number of pyridine rings is 1. The summed E-state index contributed by atoms with van der Waals surface area (Å²) in [6.07, 6.45) is 12.4. The Morgan fingerprint density at radius 2 is 1.85 bits per heavy atom. The number of benzene rings is 1. The third-order valence-electron chi connectivity index (χ3n) is 8.14. The van der Waals surface area contributed by atoms with Gasteiger partial charge in [0.15, 0.2) is 0 Å². The molecule has 2 atom stereocenters. The molecule has 1 aromatic heterocycles. The molecule has 3 aliphatic rings. The van der Waals surface area contributed by atoms with Crippen molar-refractivity contribution in [3.05, 3.63) is 64.2 Å². The van der Waals surface area contributed by atoms with E-state index in [1.807, 2.05) is 12.3 Å². The second kappa shape index (κ2) is 9.46. The van der Waals surface area contributed by atoms with Crippen LogP contribution in [0.2, 0.25) is 0 Å². The van der Waals surface area contributed by atoms with Crippen LogP contribution in [0.1, 0.15) is 111 Å². The van der Waals surface area contributed by atoms with Crippen LogP contribution in [0.25, 0.3) is 11.1 Å². The Morgan fingerprint density at radius 3 is 2.52 bits per heavy atom. The summed E-state index contributed by atoms with van der Waals surface area (Å²) in [7, 11) is 0. The summed E-state index contributed by atoms with van der Waals surface area (Å²) in [5, 5.41) is 0. The summed E-state index contributed by atoms with van der Waals surface area (Å²) in [5.41, 5.74) is 7.68. The summed E-state index contributed by atoms with van der Waals surface area (Å²) in [6, 6.07) is 8.33. The van der Waals surface area contributed by atoms with E-state index in [0.29, 0.717) is 17.8 Å².